The summed E-state index contributed by atoms with van der Waals surface area (Å²) >= 11 is 7.56. The minimum atomic E-state index is -3.58. The Hall–Kier alpha value is -1.68. The van der Waals surface area contributed by atoms with Gasteiger partial charge in [0.05, 0.1) is 9.90 Å². The van der Waals surface area contributed by atoms with Crippen LogP contribution in [0.3, 0.4) is 0 Å². The Morgan fingerprint density at radius 3 is 2.70 bits per heavy atom. The molecule has 7 nitrogen and oxygen atoms in total. The molecule has 0 bridgehead atoms. The maximum Gasteiger partial charge on any atom is 0.240 e. The molecule has 2 rings (SSSR count). The topological polar surface area (TPSA) is 95.5 Å². The minimum Gasteiger partial charge on any atom is -0.356 e. The second kappa shape index (κ2) is 10.6. The summed E-state index contributed by atoms with van der Waals surface area (Å²) in [6.07, 6.45) is 3.73. The highest BCUT2D eigenvalue weighted by Gasteiger charge is 2.13. The highest BCUT2D eigenvalue weighted by atomic mass is 35.5. The lowest BCUT2D eigenvalue weighted by molar-refractivity contribution is 0.580. The highest BCUT2D eigenvalue weighted by Crippen LogP contribution is 2.15. The minimum absolute atomic E-state index is 0.146. The van der Waals surface area contributed by atoms with Crippen molar-refractivity contribution >= 4 is 38.9 Å². The summed E-state index contributed by atoms with van der Waals surface area (Å²) in [6.45, 7) is 3.44. The zero-order valence-corrected chi connectivity index (χ0v) is 17.7. The van der Waals surface area contributed by atoms with Gasteiger partial charge in [0.2, 0.25) is 10.0 Å². The van der Waals surface area contributed by atoms with Crippen LogP contribution in [0.1, 0.15) is 16.8 Å². The first-order valence-electron chi connectivity index (χ1n) is 8.58. The number of aliphatic imine (C=N–C) groups is 1. The SMILES string of the molecule is CCc1cnc(CCNC(=NC)NCCNS(=O)(=O)c2cccc(Cl)c2)s1. The first-order chi connectivity index (χ1) is 12.9. The lowest BCUT2D eigenvalue weighted by Crippen LogP contribution is -2.42. The van der Waals surface area contributed by atoms with Gasteiger partial charge in [-0.1, -0.05) is 24.6 Å². The number of aryl methyl sites for hydroxylation is 1. The smallest absolute Gasteiger partial charge is 0.240 e. The van der Waals surface area contributed by atoms with E-state index in [1.54, 1.807) is 30.5 Å². The standard InChI is InChI=1S/C17H24ClN5O2S2/c1-3-14-12-22-16(26-14)7-8-20-17(19-2)21-9-10-23-27(24,25)15-6-4-5-13(18)11-15/h4-6,11-12,23H,3,7-10H2,1-2H3,(H2,19,20,21). The van der Waals surface area contributed by atoms with Crippen LogP contribution in [-0.4, -0.2) is 46.0 Å². The third-order valence-corrected chi connectivity index (χ3v) is 6.52. The van der Waals surface area contributed by atoms with E-state index in [1.165, 1.54) is 17.0 Å². The first-order valence-corrected chi connectivity index (χ1v) is 11.3. The van der Waals surface area contributed by atoms with Gasteiger partial charge in [-0.3, -0.25) is 4.99 Å². The Kier molecular flexibility index (Phi) is 8.49. The van der Waals surface area contributed by atoms with Crippen LogP contribution in [0.2, 0.25) is 5.02 Å². The number of thiazole rings is 1. The van der Waals surface area contributed by atoms with E-state index in [2.05, 4.69) is 32.3 Å². The van der Waals surface area contributed by atoms with Gasteiger partial charge in [0.1, 0.15) is 0 Å². The van der Waals surface area contributed by atoms with Gasteiger partial charge < -0.3 is 10.6 Å². The second-order valence-electron chi connectivity index (χ2n) is 5.60. The zero-order valence-electron chi connectivity index (χ0n) is 15.3. The van der Waals surface area contributed by atoms with Gasteiger partial charge in [-0.05, 0) is 24.6 Å². The number of aromatic nitrogens is 1. The van der Waals surface area contributed by atoms with Crippen LogP contribution >= 0.6 is 22.9 Å². The van der Waals surface area contributed by atoms with Gasteiger partial charge in [-0.15, -0.1) is 11.3 Å². The molecule has 0 unspecified atom stereocenters. The summed E-state index contributed by atoms with van der Waals surface area (Å²) in [5.41, 5.74) is 0. The number of sulfonamides is 1. The van der Waals surface area contributed by atoms with Gasteiger partial charge in [-0.25, -0.2) is 18.1 Å². The number of hydrogen-bond acceptors (Lipinski definition) is 5. The molecule has 0 saturated carbocycles. The van der Waals surface area contributed by atoms with E-state index >= 15 is 0 Å². The van der Waals surface area contributed by atoms with E-state index in [0.717, 1.165) is 17.8 Å². The average Bonchev–Trinajstić information content (AvgIpc) is 3.11. The van der Waals surface area contributed by atoms with Crippen LogP contribution in [0, 0.1) is 0 Å². The van der Waals surface area contributed by atoms with E-state index < -0.39 is 10.0 Å². The molecule has 2 aromatic rings. The summed E-state index contributed by atoms with van der Waals surface area (Å²) in [7, 11) is -1.91. The third-order valence-electron chi connectivity index (χ3n) is 3.62. The largest absolute Gasteiger partial charge is 0.356 e. The number of rotatable bonds is 9. The van der Waals surface area contributed by atoms with E-state index in [4.69, 9.17) is 11.6 Å². The van der Waals surface area contributed by atoms with Crippen molar-refractivity contribution in [3.8, 4) is 0 Å². The van der Waals surface area contributed by atoms with Crippen molar-refractivity contribution in [2.24, 2.45) is 4.99 Å². The van der Waals surface area contributed by atoms with Crippen LogP contribution in [-0.2, 0) is 22.9 Å². The third kappa shape index (κ3) is 7.10. The number of nitrogens with zero attached hydrogens (tertiary/aromatic N) is 2. The summed E-state index contributed by atoms with van der Waals surface area (Å²) in [5.74, 6) is 0.615. The maximum atomic E-state index is 12.2. The Bertz CT molecular complexity index is 868. The number of benzene rings is 1. The van der Waals surface area contributed by atoms with Crippen LogP contribution < -0.4 is 15.4 Å². The fourth-order valence-corrected chi connectivity index (χ4v) is 4.41. The molecule has 0 fully saturated rings. The van der Waals surface area contributed by atoms with Gasteiger partial charge >= 0.3 is 0 Å². The Balaban J connectivity index is 1.71. The van der Waals surface area contributed by atoms with Gasteiger partial charge in [0.15, 0.2) is 5.96 Å². The first kappa shape index (κ1) is 21.6. The van der Waals surface area contributed by atoms with Gasteiger partial charge in [0.25, 0.3) is 0 Å². The quantitative estimate of drug-likeness (QED) is 0.322. The predicted molar refractivity (Wildman–Crippen MR) is 111 cm³/mol. The molecule has 1 heterocycles. The summed E-state index contributed by atoms with van der Waals surface area (Å²) in [6, 6.07) is 6.16. The predicted octanol–water partition coefficient (Wildman–Crippen LogP) is 2.04. The van der Waals surface area contributed by atoms with Crippen molar-refractivity contribution in [1.29, 1.82) is 0 Å². The highest BCUT2D eigenvalue weighted by molar-refractivity contribution is 7.89. The average molecular weight is 430 g/mol. The van der Waals surface area contributed by atoms with E-state index in [1.807, 2.05) is 6.20 Å². The monoisotopic (exact) mass is 429 g/mol. The number of nitrogens with one attached hydrogen (secondary N) is 3. The van der Waals surface area contributed by atoms with Crippen LogP contribution in [0.5, 0.6) is 0 Å². The molecule has 0 saturated heterocycles. The fraction of sp³-hybridized carbons (Fsp3) is 0.412. The number of halogens is 1. The summed E-state index contributed by atoms with van der Waals surface area (Å²) < 4.78 is 26.9. The molecule has 148 valence electrons. The molecule has 1 aromatic carbocycles. The molecular weight excluding hydrogens is 406 g/mol. The lowest BCUT2D eigenvalue weighted by Gasteiger charge is -2.12. The zero-order chi connectivity index (χ0) is 19.7. The molecule has 27 heavy (non-hydrogen) atoms. The molecule has 3 N–H and O–H groups in total. The molecule has 0 aliphatic carbocycles. The molecule has 0 amide bonds. The molecular formula is C17H24ClN5O2S2. The van der Waals surface area contributed by atoms with Crippen molar-refractivity contribution in [3.63, 3.8) is 0 Å². The summed E-state index contributed by atoms with van der Waals surface area (Å²) in [5, 5.41) is 7.74. The molecule has 1 aromatic heterocycles. The maximum absolute atomic E-state index is 12.2. The molecule has 0 radical (unpaired) electrons. The van der Waals surface area contributed by atoms with Crippen molar-refractivity contribution < 1.29 is 8.42 Å². The van der Waals surface area contributed by atoms with Crippen LogP contribution in [0.15, 0.2) is 40.4 Å². The molecule has 10 heteroatoms. The Morgan fingerprint density at radius 2 is 2.04 bits per heavy atom. The molecule has 0 spiro atoms. The van der Waals surface area contributed by atoms with Crippen LogP contribution in [0.4, 0.5) is 0 Å². The Labute approximate surface area is 169 Å². The van der Waals surface area contributed by atoms with Crippen LogP contribution in [0.25, 0.3) is 0 Å². The van der Waals surface area contributed by atoms with E-state index in [0.29, 0.717) is 24.1 Å². The van der Waals surface area contributed by atoms with Gasteiger partial charge in [0, 0.05) is 49.2 Å². The fourth-order valence-electron chi connectivity index (χ4n) is 2.22. The lowest BCUT2D eigenvalue weighted by atomic mass is 10.4. The van der Waals surface area contributed by atoms with Crippen molar-refractivity contribution in [3.05, 3.63) is 45.4 Å². The second-order valence-corrected chi connectivity index (χ2v) is 9.01. The van der Waals surface area contributed by atoms with Crippen molar-refractivity contribution in [2.45, 2.75) is 24.7 Å². The van der Waals surface area contributed by atoms with E-state index in [-0.39, 0.29) is 11.4 Å². The summed E-state index contributed by atoms with van der Waals surface area (Å²) in [4.78, 5) is 9.93. The molecule has 0 aliphatic heterocycles. The van der Waals surface area contributed by atoms with E-state index in [9.17, 15) is 8.42 Å². The Morgan fingerprint density at radius 1 is 1.26 bits per heavy atom. The number of guanidine groups is 1. The van der Waals surface area contributed by atoms with Crippen molar-refractivity contribution in [2.75, 3.05) is 26.7 Å². The van der Waals surface area contributed by atoms with Gasteiger partial charge in [-0.2, -0.15) is 0 Å². The number of hydrogen-bond donors (Lipinski definition) is 3. The molecule has 0 atom stereocenters. The molecule has 0 aliphatic rings. The van der Waals surface area contributed by atoms with Crippen molar-refractivity contribution in [1.82, 2.24) is 20.3 Å². The normalized spacial score (nSPS) is 12.2.